The second-order valence-electron chi connectivity index (χ2n) is 4.95. The lowest BCUT2D eigenvalue weighted by atomic mass is 10.1. The van der Waals surface area contributed by atoms with Crippen LogP contribution in [0.15, 0.2) is 60.7 Å². The van der Waals surface area contributed by atoms with Crippen LogP contribution in [0.1, 0.15) is 16.1 Å². The first-order chi connectivity index (χ1) is 11.0. The van der Waals surface area contributed by atoms with E-state index in [4.69, 9.17) is 0 Å². The molecule has 1 heterocycles. The van der Waals surface area contributed by atoms with Gasteiger partial charge in [-0.1, -0.05) is 18.2 Å². The van der Waals surface area contributed by atoms with Crippen LogP contribution in [0.5, 0.6) is 11.5 Å². The van der Waals surface area contributed by atoms with E-state index in [1.807, 2.05) is 0 Å². The topological polar surface area (TPSA) is 70.4 Å². The van der Waals surface area contributed by atoms with Crippen LogP contribution in [0.4, 0.5) is 4.39 Å². The highest BCUT2D eigenvalue weighted by Crippen LogP contribution is 2.23. The first kappa shape index (κ1) is 14.7. The maximum Gasteiger partial charge on any atom is 0.211 e. The van der Waals surface area contributed by atoms with Crippen molar-refractivity contribution < 1.29 is 19.4 Å². The van der Waals surface area contributed by atoms with Crippen LogP contribution >= 0.6 is 0 Å². The molecule has 0 saturated heterocycles. The van der Waals surface area contributed by atoms with Crippen LogP contribution in [-0.2, 0) is 0 Å². The largest absolute Gasteiger partial charge is 0.508 e. The number of aromatic nitrogens is 1. The number of nitrogens with zero attached hydrogens (tertiary/aromatic N) is 1. The Labute approximate surface area is 131 Å². The standard InChI is InChI=1S/C18H12FNO3/c19-14-8-7-12(10-17(14)22)18(23)16-6-2-5-15(20-16)11-3-1-4-13(21)9-11/h1-10,21-22H. The summed E-state index contributed by atoms with van der Waals surface area (Å²) in [6, 6.07) is 14.8. The molecule has 5 heteroatoms. The highest BCUT2D eigenvalue weighted by Gasteiger charge is 2.14. The number of halogens is 1. The van der Waals surface area contributed by atoms with Crippen molar-refractivity contribution in [2.75, 3.05) is 0 Å². The summed E-state index contributed by atoms with van der Waals surface area (Å²) in [4.78, 5) is 16.7. The fourth-order valence-corrected chi connectivity index (χ4v) is 2.19. The highest BCUT2D eigenvalue weighted by atomic mass is 19.1. The summed E-state index contributed by atoms with van der Waals surface area (Å²) in [6.45, 7) is 0. The van der Waals surface area contributed by atoms with Gasteiger partial charge in [-0.05, 0) is 42.5 Å². The molecule has 0 aliphatic heterocycles. The fourth-order valence-electron chi connectivity index (χ4n) is 2.19. The minimum absolute atomic E-state index is 0.101. The third kappa shape index (κ3) is 3.03. The quantitative estimate of drug-likeness (QED) is 0.726. The van der Waals surface area contributed by atoms with Crippen molar-refractivity contribution in [3.63, 3.8) is 0 Å². The van der Waals surface area contributed by atoms with Gasteiger partial charge in [0, 0.05) is 11.1 Å². The monoisotopic (exact) mass is 309 g/mol. The number of phenols is 2. The van der Waals surface area contributed by atoms with Crippen LogP contribution in [0.3, 0.4) is 0 Å². The van der Waals surface area contributed by atoms with E-state index < -0.39 is 17.3 Å². The number of ketones is 1. The van der Waals surface area contributed by atoms with Crippen molar-refractivity contribution in [3.8, 4) is 22.8 Å². The summed E-state index contributed by atoms with van der Waals surface area (Å²) in [5.41, 5.74) is 1.50. The minimum Gasteiger partial charge on any atom is -0.508 e. The molecule has 1 aromatic heterocycles. The third-order valence-electron chi connectivity index (χ3n) is 3.33. The minimum atomic E-state index is -0.789. The predicted molar refractivity (Wildman–Crippen MR) is 82.8 cm³/mol. The lowest BCUT2D eigenvalue weighted by molar-refractivity contribution is 0.103. The molecule has 3 rings (SSSR count). The summed E-state index contributed by atoms with van der Waals surface area (Å²) < 4.78 is 13.1. The van der Waals surface area contributed by atoms with E-state index in [-0.39, 0.29) is 17.0 Å². The Morgan fingerprint density at radius 2 is 1.74 bits per heavy atom. The Morgan fingerprint density at radius 1 is 0.957 bits per heavy atom. The molecule has 2 N–H and O–H groups in total. The van der Waals surface area contributed by atoms with E-state index in [2.05, 4.69) is 4.98 Å². The predicted octanol–water partition coefficient (Wildman–Crippen LogP) is 3.53. The maximum absolute atomic E-state index is 13.1. The Morgan fingerprint density at radius 3 is 2.48 bits per heavy atom. The average Bonchev–Trinajstić information content (AvgIpc) is 2.57. The molecule has 0 unspecified atom stereocenters. The number of pyridine rings is 1. The molecule has 0 radical (unpaired) electrons. The molecule has 0 aliphatic rings. The first-order valence-corrected chi connectivity index (χ1v) is 6.84. The van der Waals surface area contributed by atoms with Gasteiger partial charge in [-0.15, -0.1) is 0 Å². The van der Waals surface area contributed by atoms with Crippen LogP contribution in [0, 0.1) is 5.82 Å². The van der Waals surface area contributed by atoms with E-state index in [1.165, 1.54) is 12.1 Å². The molecule has 0 atom stereocenters. The smallest absolute Gasteiger partial charge is 0.211 e. The zero-order valence-corrected chi connectivity index (χ0v) is 11.9. The Balaban J connectivity index is 1.99. The lowest BCUT2D eigenvalue weighted by Gasteiger charge is -2.05. The lowest BCUT2D eigenvalue weighted by Crippen LogP contribution is -2.04. The Kier molecular flexibility index (Phi) is 3.76. The zero-order valence-electron chi connectivity index (χ0n) is 11.9. The average molecular weight is 309 g/mol. The van der Waals surface area contributed by atoms with E-state index >= 15 is 0 Å². The molecular weight excluding hydrogens is 297 g/mol. The van der Waals surface area contributed by atoms with Crippen LogP contribution in [0.2, 0.25) is 0 Å². The molecule has 0 aliphatic carbocycles. The van der Waals surface area contributed by atoms with Gasteiger partial charge in [-0.2, -0.15) is 0 Å². The second-order valence-corrected chi connectivity index (χ2v) is 4.95. The van der Waals surface area contributed by atoms with Gasteiger partial charge in [0.25, 0.3) is 0 Å². The summed E-state index contributed by atoms with van der Waals surface area (Å²) >= 11 is 0. The van der Waals surface area contributed by atoms with Gasteiger partial charge >= 0.3 is 0 Å². The van der Waals surface area contributed by atoms with Crippen molar-refractivity contribution in [3.05, 3.63) is 77.7 Å². The van der Waals surface area contributed by atoms with Crippen molar-refractivity contribution in [2.24, 2.45) is 0 Å². The molecule has 0 fully saturated rings. The summed E-state index contributed by atoms with van der Waals surface area (Å²) in [5, 5.41) is 18.9. The molecule has 2 aromatic carbocycles. The van der Waals surface area contributed by atoms with Crippen molar-refractivity contribution >= 4 is 5.78 Å². The van der Waals surface area contributed by atoms with Gasteiger partial charge < -0.3 is 10.2 Å². The highest BCUT2D eigenvalue weighted by molar-refractivity contribution is 6.08. The molecular formula is C18H12FNO3. The summed E-state index contributed by atoms with van der Waals surface area (Å²) in [6.07, 6.45) is 0. The van der Waals surface area contributed by atoms with E-state index in [9.17, 15) is 19.4 Å². The second kappa shape index (κ2) is 5.88. The van der Waals surface area contributed by atoms with E-state index in [0.717, 1.165) is 12.1 Å². The zero-order chi connectivity index (χ0) is 16.4. The first-order valence-electron chi connectivity index (χ1n) is 6.84. The molecule has 0 amide bonds. The Bertz CT molecular complexity index is 893. The number of carbonyl (C=O) groups is 1. The van der Waals surface area contributed by atoms with E-state index in [0.29, 0.717) is 11.3 Å². The van der Waals surface area contributed by atoms with Crippen LogP contribution in [-0.4, -0.2) is 21.0 Å². The molecule has 0 saturated carbocycles. The Hall–Kier alpha value is -3.21. The van der Waals surface area contributed by atoms with Gasteiger partial charge in [-0.25, -0.2) is 9.37 Å². The van der Waals surface area contributed by atoms with Gasteiger partial charge in [-0.3, -0.25) is 4.79 Å². The number of benzene rings is 2. The summed E-state index contributed by atoms with van der Waals surface area (Å²) in [7, 11) is 0. The SMILES string of the molecule is O=C(c1ccc(F)c(O)c1)c1cccc(-c2cccc(O)c2)n1. The van der Waals surface area contributed by atoms with Crippen LogP contribution in [0.25, 0.3) is 11.3 Å². The molecule has 0 bridgehead atoms. The molecule has 4 nitrogen and oxygen atoms in total. The number of aromatic hydroxyl groups is 2. The number of carbonyl (C=O) groups excluding carboxylic acids is 1. The fraction of sp³-hybridized carbons (Fsp3) is 0. The number of hydrogen-bond donors (Lipinski definition) is 2. The van der Waals surface area contributed by atoms with Crippen LogP contribution < -0.4 is 0 Å². The van der Waals surface area contributed by atoms with Gasteiger partial charge in [0.15, 0.2) is 11.6 Å². The van der Waals surface area contributed by atoms with Gasteiger partial charge in [0.05, 0.1) is 5.69 Å². The molecule has 0 spiro atoms. The molecule has 3 aromatic rings. The molecule has 114 valence electrons. The van der Waals surface area contributed by atoms with Crippen molar-refractivity contribution in [1.82, 2.24) is 4.98 Å². The normalized spacial score (nSPS) is 10.5. The van der Waals surface area contributed by atoms with Gasteiger partial charge in [0.1, 0.15) is 11.4 Å². The maximum atomic E-state index is 13.1. The number of hydrogen-bond acceptors (Lipinski definition) is 4. The molecule has 23 heavy (non-hydrogen) atoms. The third-order valence-corrected chi connectivity index (χ3v) is 3.33. The van der Waals surface area contributed by atoms with E-state index in [1.54, 1.807) is 36.4 Å². The van der Waals surface area contributed by atoms with Crippen molar-refractivity contribution in [1.29, 1.82) is 0 Å². The van der Waals surface area contributed by atoms with Gasteiger partial charge in [0.2, 0.25) is 5.78 Å². The number of phenolic OH excluding ortho intramolecular Hbond substituents is 2. The van der Waals surface area contributed by atoms with Crippen molar-refractivity contribution in [2.45, 2.75) is 0 Å². The number of rotatable bonds is 3. The summed E-state index contributed by atoms with van der Waals surface area (Å²) in [5.74, 6) is -1.70.